The molecule has 2 aromatic carbocycles. The number of nitrogens with zero attached hydrogens (tertiary/aromatic N) is 1. The Labute approximate surface area is 184 Å². The Balaban J connectivity index is 0.000000384. The van der Waals surface area contributed by atoms with E-state index < -0.39 is 5.97 Å². The molecule has 5 nitrogen and oxygen atoms in total. The smallest absolute Gasteiger partial charge is 0.197 e. The van der Waals surface area contributed by atoms with Gasteiger partial charge in [0.25, 0.3) is 0 Å². The van der Waals surface area contributed by atoms with Crippen molar-refractivity contribution >= 4 is 24.2 Å². The highest BCUT2D eigenvalue weighted by Gasteiger charge is 2.34. The summed E-state index contributed by atoms with van der Waals surface area (Å²) in [6.45, 7) is 9.09. The second kappa shape index (κ2) is 10.6. The van der Waals surface area contributed by atoms with Crippen LogP contribution in [0.15, 0.2) is 42.5 Å². The zero-order chi connectivity index (χ0) is 21.0. The fourth-order valence-electron chi connectivity index (χ4n) is 3.74. The van der Waals surface area contributed by atoms with Crippen LogP contribution in [0.2, 0.25) is 0 Å². The summed E-state index contributed by atoms with van der Waals surface area (Å²) in [7, 11) is 0. The average Bonchev–Trinajstić information content (AvgIpc) is 2.70. The molecule has 162 valence electrons. The van der Waals surface area contributed by atoms with Crippen molar-refractivity contribution in [2.45, 2.75) is 45.6 Å². The van der Waals surface area contributed by atoms with Gasteiger partial charge in [-0.1, -0.05) is 50.2 Å². The molecule has 0 radical (unpaired) electrons. The predicted octanol–water partition coefficient (Wildman–Crippen LogP) is 3.69. The molecular weight excluding hydrogens is 402 g/mol. The molecule has 0 saturated carbocycles. The molecule has 0 amide bonds. The molecule has 0 atom stereocenters. The zero-order valence-corrected chi connectivity index (χ0v) is 18.5. The molecule has 0 N–H and O–H groups in total. The zero-order valence-electron chi connectivity index (χ0n) is 17.7. The number of carboxylic acid groups (broad SMARTS) is 1. The van der Waals surface area contributed by atoms with E-state index in [-0.39, 0.29) is 35.2 Å². The third-order valence-electron chi connectivity index (χ3n) is 5.61. The Bertz CT molecular complexity index is 879. The second-order valence-electron chi connectivity index (χ2n) is 7.74. The lowest BCUT2D eigenvalue weighted by Gasteiger charge is -2.50. The molecule has 2 aliphatic heterocycles. The number of halogens is 1. The highest BCUT2D eigenvalue weighted by molar-refractivity contribution is 6.15. The van der Waals surface area contributed by atoms with Crippen LogP contribution in [0.1, 0.15) is 71.4 Å². The molecule has 0 aliphatic carbocycles. The summed E-state index contributed by atoms with van der Waals surface area (Å²) in [5.74, 6) is -1.05. The monoisotopic (exact) mass is 430 g/mol. The Morgan fingerprint density at radius 2 is 1.60 bits per heavy atom. The van der Waals surface area contributed by atoms with Gasteiger partial charge in [-0.05, 0) is 50.4 Å². The predicted molar refractivity (Wildman–Crippen MR) is 118 cm³/mol. The maximum Gasteiger partial charge on any atom is 0.197 e. The van der Waals surface area contributed by atoms with Crippen molar-refractivity contribution in [1.82, 2.24) is 4.90 Å². The Hall–Kier alpha value is -2.37. The molecule has 2 fully saturated rings. The van der Waals surface area contributed by atoms with Crippen molar-refractivity contribution in [3.05, 3.63) is 64.7 Å². The summed E-state index contributed by atoms with van der Waals surface area (Å²) < 4.78 is 5.69. The first-order chi connectivity index (χ1) is 13.9. The van der Waals surface area contributed by atoms with Crippen molar-refractivity contribution in [3.8, 4) is 5.75 Å². The van der Waals surface area contributed by atoms with Crippen LogP contribution in [0.25, 0.3) is 0 Å². The van der Waals surface area contributed by atoms with Crippen LogP contribution >= 0.6 is 12.4 Å². The van der Waals surface area contributed by atoms with Crippen molar-refractivity contribution in [3.63, 3.8) is 0 Å². The number of hydrogen-bond donors (Lipinski definition) is 0. The molecule has 2 aliphatic rings. The van der Waals surface area contributed by atoms with Gasteiger partial charge < -0.3 is 19.5 Å². The summed E-state index contributed by atoms with van der Waals surface area (Å²) in [4.78, 5) is 26.6. The van der Waals surface area contributed by atoms with Crippen LogP contribution in [-0.4, -0.2) is 42.4 Å². The van der Waals surface area contributed by atoms with Crippen LogP contribution < -0.4 is 9.84 Å². The van der Waals surface area contributed by atoms with Gasteiger partial charge in [-0.25, -0.2) is 0 Å². The average molecular weight is 431 g/mol. The number of piperidine rings is 1. The molecule has 30 heavy (non-hydrogen) atoms. The minimum absolute atomic E-state index is 0. The Morgan fingerprint density at radius 3 is 2.03 bits per heavy atom. The van der Waals surface area contributed by atoms with Crippen LogP contribution in [0.4, 0.5) is 0 Å². The molecular formula is C24H29ClNO4-. The SMILES string of the molecule is C1CN2CCC12.CCOc1c(C(=O)c2ccccc2C(=O)[O-])cccc1C(C)C.Cl. The van der Waals surface area contributed by atoms with Gasteiger partial charge in [0.1, 0.15) is 5.75 Å². The molecule has 6 heteroatoms. The van der Waals surface area contributed by atoms with Crippen molar-refractivity contribution in [2.75, 3.05) is 19.7 Å². The largest absolute Gasteiger partial charge is 0.545 e. The molecule has 2 heterocycles. The molecule has 0 unspecified atom stereocenters. The molecule has 4 rings (SSSR count). The quantitative estimate of drug-likeness (QED) is 0.653. The molecule has 0 spiro atoms. The lowest BCUT2D eigenvalue weighted by molar-refractivity contribution is -0.255. The first-order valence-corrected chi connectivity index (χ1v) is 10.3. The van der Waals surface area contributed by atoms with E-state index in [0.717, 1.165) is 11.6 Å². The minimum Gasteiger partial charge on any atom is -0.545 e. The van der Waals surface area contributed by atoms with Crippen LogP contribution in [-0.2, 0) is 0 Å². The number of ketones is 1. The summed E-state index contributed by atoms with van der Waals surface area (Å²) >= 11 is 0. The third kappa shape index (κ3) is 5.02. The number of aromatic carboxylic acids is 1. The van der Waals surface area contributed by atoms with Gasteiger partial charge in [0.05, 0.1) is 18.1 Å². The maximum absolute atomic E-state index is 12.9. The highest BCUT2D eigenvalue weighted by atomic mass is 35.5. The molecule has 2 aromatic rings. The number of rotatable bonds is 6. The summed E-state index contributed by atoms with van der Waals surface area (Å²) in [5.41, 5.74) is 1.28. The summed E-state index contributed by atoms with van der Waals surface area (Å²) in [6, 6.07) is 12.5. The summed E-state index contributed by atoms with van der Waals surface area (Å²) in [6.07, 6.45) is 2.97. The lowest BCUT2D eigenvalue weighted by atomic mass is 9.91. The summed E-state index contributed by atoms with van der Waals surface area (Å²) in [5, 5.41) is 11.2. The first kappa shape index (κ1) is 23.9. The van der Waals surface area contributed by atoms with E-state index >= 15 is 0 Å². The van der Waals surface area contributed by atoms with Gasteiger partial charge in [0, 0.05) is 17.2 Å². The normalized spacial score (nSPS) is 14.9. The van der Waals surface area contributed by atoms with E-state index in [1.807, 2.05) is 26.8 Å². The number of carboxylic acids is 1. The number of hydrogen-bond acceptors (Lipinski definition) is 5. The number of ether oxygens (including phenoxy) is 1. The van der Waals surface area contributed by atoms with Gasteiger partial charge in [0.15, 0.2) is 5.78 Å². The molecule has 2 saturated heterocycles. The van der Waals surface area contributed by atoms with Gasteiger partial charge in [-0.2, -0.15) is 0 Å². The first-order valence-electron chi connectivity index (χ1n) is 10.3. The fourth-order valence-corrected chi connectivity index (χ4v) is 3.74. The van der Waals surface area contributed by atoms with Crippen molar-refractivity contribution in [1.29, 1.82) is 0 Å². The van der Waals surface area contributed by atoms with E-state index in [1.165, 1.54) is 38.1 Å². The highest BCUT2D eigenvalue weighted by Crippen LogP contribution is 2.32. The number of benzene rings is 2. The van der Waals surface area contributed by atoms with Crippen LogP contribution in [0.5, 0.6) is 5.75 Å². The Kier molecular flexibility index (Phi) is 8.44. The number of carbonyl (C=O) groups is 2. The minimum atomic E-state index is -1.37. The van der Waals surface area contributed by atoms with Crippen molar-refractivity contribution < 1.29 is 19.4 Å². The van der Waals surface area contributed by atoms with E-state index in [9.17, 15) is 14.7 Å². The number of para-hydroxylation sites is 1. The van der Waals surface area contributed by atoms with E-state index in [1.54, 1.807) is 24.3 Å². The lowest BCUT2D eigenvalue weighted by Crippen LogP contribution is -2.57. The second-order valence-corrected chi connectivity index (χ2v) is 7.74. The maximum atomic E-state index is 12.9. The standard InChI is InChI=1S/C19H20O4.C5H9N.ClH/c1-4-23-18-13(12(2)3)10-7-11-16(18)17(20)14-8-5-6-9-15(14)19(21)22;1-3-6-4-2-5(1)6;/h5-12H,4H2,1-3H3,(H,21,22);5H,1-4H2;1H/p-1. The van der Waals surface area contributed by atoms with Crippen LogP contribution in [0.3, 0.4) is 0 Å². The Morgan fingerprint density at radius 1 is 1.03 bits per heavy atom. The van der Waals surface area contributed by atoms with Crippen molar-refractivity contribution in [2.24, 2.45) is 0 Å². The molecule has 0 aromatic heterocycles. The van der Waals surface area contributed by atoms with Gasteiger partial charge in [0.2, 0.25) is 0 Å². The van der Waals surface area contributed by atoms with E-state index in [0.29, 0.717) is 17.9 Å². The van der Waals surface area contributed by atoms with Crippen LogP contribution in [0, 0.1) is 0 Å². The third-order valence-corrected chi connectivity index (χ3v) is 5.61. The number of fused-ring (bicyclic) bond motifs is 1. The fraction of sp³-hybridized carbons (Fsp3) is 0.417. The van der Waals surface area contributed by atoms with E-state index in [4.69, 9.17) is 4.74 Å². The number of carbonyl (C=O) groups excluding carboxylic acids is 2. The van der Waals surface area contributed by atoms with E-state index in [2.05, 4.69) is 4.90 Å². The topological polar surface area (TPSA) is 69.7 Å². The van der Waals surface area contributed by atoms with Gasteiger partial charge >= 0.3 is 0 Å². The molecule has 0 bridgehead atoms. The van der Waals surface area contributed by atoms with Gasteiger partial charge in [-0.15, -0.1) is 12.4 Å². The van der Waals surface area contributed by atoms with Gasteiger partial charge in [-0.3, -0.25) is 4.79 Å².